The van der Waals surface area contributed by atoms with Crippen molar-refractivity contribution >= 4 is 11.6 Å². The molecule has 0 bridgehead atoms. The number of nitrogens with zero attached hydrogens (tertiary/aromatic N) is 2. The van der Waals surface area contributed by atoms with Crippen molar-refractivity contribution in [2.75, 3.05) is 0 Å². The minimum atomic E-state index is -1.18. The summed E-state index contributed by atoms with van der Waals surface area (Å²) in [4.78, 5) is 16.9. The molecular weight excluding hydrogens is 278 g/mol. The van der Waals surface area contributed by atoms with E-state index in [0.29, 0.717) is 6.42 Å². The topological polar surface area (TPSA) is 69.6 Å². The Balaban J connectivity index is 2.48. The Morgan fingerprint density at radius 3 is 2.64 bits per heavy atom. The van der Waals surface area contributed by atoms with Gasteiger partial charge in [0.25, 0.3) is 0 Å². The van der Waals surface area contributed by atoms with Gasteiger partial charge < -0.3 is 14.9 Å². The third-order valence-electron chi connectivity index (χ3n) is 3.42. The van der Waals surface area contributed by atoms with Crippen LogP contribution in [0.3, 0.4) is 0 Å². The van der Waals surface area contributed by atoms with Gasteiger partial charge in [0.05, 0.1) is 6.10 Å². The summed E-state index contributed by atoms with van der Waals surface area (Å²) < 4.78 is 7.28. The second-order valence-electron chi connectivity index (χ2n) is 7.27. The molecule has 0 aromatic carbocycles. The summed E-state index contributed by atoms with van der Waals surface area (Å²) in [5, 5.41) is 0. The maximum absolute atomic E-state index is 12.7. The highest BCUT2D eigenvalue weighted by atomic mass is 16.5. The largest absolute Gasteiger partial charge is 0.461 e. The summed E-state index contributed by atoms with van der Waals surface area (Å²) in [5.74, 6) is -0.392. The zero-order chi connectivity index (χ0) is 16.5. The Morgan fingerprint density at radius 2 is 2.05 bits per heavy atom. The number of hydrogen-bond donors (Lipinski definition) is 1. The highest BCUT2D eigenvalue weighted by Crippen LogP contribution is 2.34. The number of hydrogen-bond acceptors (Lipinski definition) is 4. The number of rotatable bonds is 4. The molecule has 2 heterocycles. The van der Waals surface area contributed by atoms with Gasteiger partial charge in [-0.2, -0.15) is 0 Å². The normalized spacial score (nSPS) is 15.0. The highest BCUT2D eigenvalue weighted by molar-refractivity contribution is 5.82. The fourth-order valence-electron chi connectivity index (χ4n) is 2.63. The van der Waals surface area contributed by atoms with Crippen LogP contribution >= 0.6 is 0 Å². The molecule has 2 rings (SSSR count). The molecule has 120 valence electrons. The van der Waals surface area contributed by atoms with Crippen molar-refractivity contribution in [3.63, 3.8) is 0 Å². The molecule has 0 aliphatic heterocycles. The van der Waals surface area contributed by atoms with Crippen molar-refractivity contribution in [3.05, 3.63) is 36.3 Å². The lowest BCUT2D eigenvalue weighted by molar-refractivity contribution is -0.156. The number of carbonyl (C=O) groups excluding carboxylic acids is 1. The van der Waals surface area contributed by atoms with E-state index in [-0.39, 0.29) is 11.5 Å². The number of ether oxygens (including phenoxy) is 1. The van der Waals surface area contributed by atoms with Gasteiger partial charge >= 0.3 is 5.97 Å². The van der Waals surface area contributed by atoms with Crippen LogP contribution in [0.1, 0.15) is 46.6 Å². The molecule has 2 aromatic heterocycles. The van der Waals surface area contributed by atoms with E-state index >= 15 is 0 Å². The van der Waals surface area contributed by atoms with Crippen molar-refractivity contribution in [2.24, 2.45) is 11.1 Å². The summed E-state index contributed by atoms with van der Waals surface area (Å²) in [6.45, 7) is 9.84. The van der Waals surface area contributed by atoms with Gasteiger partial charge in [0.2, 0.25) is 0 Å². The molecule has 0 aliphatic rings. The fourth-order valence-corrected chi connectivity index (χ4v) is 2.63. The van der Waals surface area contributed by atoms with Crippen molar-refractivity contribution in [2.45, 2.75) is 52.7 Å². The van der Waals surface area contributed by atoms with E-state index in [2.05, 4.69) is 25.8 Å². The first-order chi connectivity index (χ1) is 10.1. The molecule has 0 radical (unpaired) electrons. The van der Waals surface area contributed by atoms with E-state index in [1.54, 1.807) is 6.20 Å². The second-order valence-corrected chi connectivity index (χ2v) is 7.27. The van der Waals surface area contributed by atoms with Crippen LogP contribution in [0.15, 0.2) is 30.7 Å². The van der Waals surface area contributed by atoms with Crippen molar-refractivity contribution < 1.29 is 9.53 Å². The minimum Gasteiger partial charge on any atom is -0.461 e. The zero-order valence-corrected chi connectivity index (χ0v) is 14.0. The Bertz CT molecular complexity index is 670. The van der Waals surface area contributed by atoms with Crippen LogP contribution in [0.4, 0.5) is 0 Å². The first-order valence-electron chi connectivity index (χ1n) is 7.55. The lowest BCUT2D eigenvalue weighted by Gasteiger charge is -2.34. The summed E-state index contributed by atoms with van der Waals surface area (Å²) in [6, 6.07) is 3.72. The lowest BCUT2D eigenvalue weighted by atomic mass is 9.76. The van der Waals surface area contributed by atoms with Crippen LogP contribution in [0.5, 0.6) is 0 Å². The van der Waals surface area contributed by atoms with Crippen molar-refractivity contribution in [1.29, 1.82) is 0 Å². The molecule has 0 unspecified atom stereocenters. The van der Waals surface area contributed by atoms with Crippen LogP contribution in [-0.2, 0) is 15.1 Å². The molecule has 0 aliphatic carbocycles. The van der Waals surface area contributed by atoms with E-state index in [0.717, 1.165) is 11.2 Å². The van der Waals surface area contributed by atoms with Gasteiger partial charge in [-0.15, -0.1) is 0 Å². The molecule has 5 heteroatoms. The number of pyridine rings is 1. The van der Waals surface area contributed by atoms with Gasteiger partial charge in [-0.05, 0) is 37.3 Å². The van der Waals surface area contributed by atoms with E-state index in [9.17, 15) is 4.79 Å². The predicted molar refractivity (Wildman–Crippen MR) is 86.4 cm³/mol. The smallest absolute Gasteiger partial charge is 0.331 e. The monoisotopic (exact) mass is 303 g/mol. The number of nitrogens with two attached hydrogens (primary N) is 1. The van der Waals surface area contributed by atoms with Crippen LogP contribution in [-0.4, -0.2) is 21.5 Å². The summed E-state index contributed by atoms with van der Waals surface area (Å²) in [5.41, 5.74) is 6.81. The maximum Gasteiger partial charge on any atom is 0.331 e. The maximum atomic E-state index is 12.7. The van der Waals surface area contributed by atoms with Crippen LogP contribution in [0.25, 0.3) is 5.65 Å². The molecule has 0 saturated heterocycles. The molecule has 22 heavy (non-hydrogen) atoms. The third kappa shape index (κ3) is 3.47. The second kappa shape index (κ2) is 5.72. The number of carbonyl (C=O) groups is 1. The Kier molecular flexibility index (Phi) is 4.29. The number of aromatic nitrogens is 2. The van der Waals surface area contributed by atoms with Crippen molar-refractivity contribution in [3.8, 4) is 0 Å². The molecule has 5 nitrogen and oxygen atoms in total. The summed E-state index contributed by atoms with van der Waals surface area (Å²) in [6.07, 6.45) is 5.70. The molecule has 0 fully saturated rings. The van der Waals surface area contributed by atoms with E-state index in [1.807, 2.05) is 42.8 Å². The molecular formula is C17H25N3O2. The predicted octanol–water partition coefficient (Wildman–Crippen LogP) is 2.88. The van der Waals surface area contributed by atoms with Gasteiger partial charge in [0.15, 0.2) is 0 Å². The molecule has 1 atom stereocenters. The molecule has 0 amide bonds. The van der Waals surface area contributed by atoms with E-state index < -0.39 is 11.5 Å². The van der Waals surface area contributed by atoms with Gasteiger partial charge in [-0.3, -0.25) is 0 Å². The Hall–Kier alpha value is -1.88. The Labute approximate surface area is 131 Å². The molecule has 0 saturated carbocycles. The molecule has 0 spiro atoms. The van der Waals surface area contributed by atoms with E-state index in [1.165, 1.54) is 0 Å². The number of esters is 1. The van der Waals surface area contributed by atoms with Gasteiger partial charge in [0, 0.05) is 18.6 Å². The molecule has 2 N–H and O–H groups in total. The van der Waals surface area contributed by atoms with E-state index in [4.69, 9.17) is 10.5 Å². The van der Waals surface area contributed by atoms with Gasteiger partial charge in [0.1, 0.15) is 11.2 Å². The van der Waals surface area contributed by atoms with Gasteiger partial charge in [-0.1, -0.05) is 26.8 Å². The van der Waals surface area contributed by atoms with Gasteiger partial charge in [-0.25, -0.2) is 9.78 Å². The standard InChI is InChI=1S/C17H25N3O2/c1-12(2)22-15(21)17(18,11-16(3,4)5)13-6-7-14-19-8-9-20(14)10-13/h6-10,12H,11,18H2,1-5H3/t17-/m1/s1. The fraction of sp³-hybridized carbons (Fsp3) is 0.529. The van der Waals surface area contributed by atoms with Crippen molar-refractivity contribution in [1.82, 2.24) is 9.38 Å². The van der Waals surface area contributed by atoms with Crippen LogP contribution in [0, 0.1) is 5.41 Å². The minimum absolute atomic E-state index is 0.116. The third-order valence-corrected chi connectivity index (χ3v) is 3.42. The quantitative estimate of drug-likeness (QED) is 0.882. The SMILES string of the molecule is CC(C)OC(=O)[C@@](N)(CC(C)(C)C)c1ccc2nccn2c1. The Morgan fingerprint density at radius 1 is 1.36 bits per heavy atom. The first kappa shape index (κ1) is 16.5. The zero-order valence-electron chi connectivity index (χ0n) is 14.0. The lowest BCUT2D eigenvalue weighted by Crippen LogP contribution is -2.49. The van der Waals surface area contributed by atoms with Crippen LogP contribution < -0.4 is 5.73 Å². The number of imidazole rings is 1. The van der Waals surface area contributed by atoms with Crippen LogP contribution in [0.2, 0.25) is 0 Å². The molecule has 2 aromatic rings. The average molecular weight is 303 g/mol. The first-order valence-corrected chi connectivity index (χ1v) is 7.55. The summed E-state index contributed by atoms with van der Waals surface area (Å²) >= 11 is 0. The average Bonchev–Trinajstić information content (AvgIpc) is 2.82. The number of fused-ring (bicyclic) bond motifs is 1. The highest BCUT2D eigenvalue weighted by Gasteiger charge is 2.41. The summed E-state index contributed by atoms with van der Waals surface area (Å²) in [7, 11) is 0.